The Morgan fingerprint density at radius 2 is 1.83 bits per heavy atom. The van der Waals surface area contributed by atoms with Crippen LogP contribution in [0.1, 0.15) is 18.9 Å². The lowest BCUT2D eigenvalue weighted by Gasteiger charge is -2.18. The summed E-state index contributed by atoms with van der Waals surface area (Å²) in [4.78, 5) is 11.8. The lowest BCUT2D eigenvalue weighted by molar-refractivity contribution is -0.137. The van der Waals surface area contributed by atoms with Gasteiger partial charge in [0, 0.05) is 24.2 Å². The monoisotopic (exact) mass is 322 g/mol. The van der Waals surface area contributed by atoms with Crippen LogP contribution in [0.5, 0.6) is 0 Å². The first-order chi connectivity index (χ1) is 11.7. The van der Waals surface area contributed by atoms with Crippen LogP contribution in [-0.4, -0.2) is 18.6 Å². The van der Waals surface area contributed by atoms with Crippen molar-refractivity contribution in [3.63, 3.8) is 0 Å². The molecule has 0 amide bonds. The Bertz CT molecular complexity index is 725. The van der Waals surface area contributed by atoms with Crippen molar-refractivity contribution in [2.24, 2.45) is 0 Å². The van der Waals surface area contributed by atoms with E-state index in [9.17, 15) is 4.79 Å². The number of carbonyl (C=O) groups excluding carboxylic acids is 1. The van der Waals surface area contributed by atoms with Crippen molar-refractivity contribution < 1.29 is 9.53 Å². The zero-order chi connectivity index (χ0) is 16.8. The summed E-state index contributed by atoms with van der Waals surface area (Å²) in [5.74, 6) is -0.308. The molecule has 2 aromatic carbocycles. The normalized spacial score (nSPS) is 18.0. The van der Waals surface area contributed by atoms with E-state index < -0.39 is 0 Å². The molecule has 1 unspecified atom stereocenters. The summed E-state index contributed by atoms with van der Waals surface area (Å²) in [5, 5.41) is 6.95. The number of hydrogen-bond donors (Lipinski definition) is 2. The molecular formula is C20H22N2O2. The molecule has 0 fully saturated rings. The third-order valence-electron chi connectivity index (χ3n) is 3.95. The van der Waals surface area contributed by atoms with Crippen LogP contribution in [0.4, 0.5) is 11.4 Å². The minimum atomic E-state index is -0.308. The third-order valence-corrected chi connectivity index (χ3v) is 3.95. The highest BCUT2D eigenvalue weighted by atomic mass is 16.5. The molecule has 3 rings (SSSR count). The largest absolute Gasteiger partial charge is 0.463 e. The molecule has 4 heteroatoms. The molecule has 1 aliphatic heterocycles. The minimum Gasteiger partial charge on any atom is -0.463 e. The van der Waals surface area contributed by atoms with Crippen LogP contribution in [0.15, 0.2) is 66.4 Å². The number of benzene rings is 2. The number of esters is 1. The van der Waals surface area contributed by atoms with Crippen LogP contribution in [0.3, 0.4) is 0 Å². The quantitative estimate of drug-likeness (QED) is 0.660. The molecule has 0 bridgehead atoms. The van der Waals surface area contributed by atoms with Crippen LogP contribution in [0.2, 0.25) is 0 Å². The molecule has 2 aromatic rings. The topological polar surface area (TPSA) is 50.4 Å². The number of fused-ring (bicyclic) bond motifs is 1. The van der Waals surface area contributed by atoms with Gasteiger partial charge in [-0.1, -0.05) is 42.5 Å². The van der Waals surface area contributed by atoms with Crippen molar-refractivity contribution in [1.82, 2.24) is 0 Å². The molecule has 24 heavy (non-hydrogen) atoms. The first kappa shape index (κ1) is 16.1. The molecule has 0 aliphatic carbocycles. The molecule has 1 atom stereocenters. The molecule has 124 valence electrons. The van der Waals surface area contributed by atoms with Crippen molar-refractivity contribution >= 4 is 17.3 Å². The van der Waals surface area contributed by atoms with Crippen LogP contribution in [0.25, 0.3) is 0 Å². The van der Waals surface area contributed by atoms with Gasteiger partial charge >= 0.3 is 5.97 Å². The fourth-order valence-corrected chi connectivity index (χ4v) is 2.92. The molecule has 0 aromatic heterocycles. The maximum absolute atomic E-state index is 11.8. The predicted octanol–water partition coefficient (Wildman–Crippen LogP) is 3.97. The average molecular weight is 322 g/mol. The van der Waals surface area contributed by atoms with Crippen LogP contribution in [-0.2, 0) is 16.0 Å². The molecule has 0 saturated heterocycles. The van der Waals surface area contributed by atoms with E-state index in [-0.39, 0.29) is 12.0 Å². The summed E-state index contributed by atoms with van der Waals surface area (Å²) in [7, 11) is 0. The second kappa shape index (κ2) is 7.68. The predicted molar refractivity (Wildman–Crippen MR) is 97.0 cm³/mol. The van der Waals surface area contributed by atoms with Crippen LogP contribution < -0.4 is 10.6 Å². The Morgan fingerprint density at radius 3 is 2.58 bits per heavy atom. The van der Waals surface area contributed by atoms with Gasteiger partial charge in [-0.2, -0.15) is 0 Å². The van der Waals surface area contributed by atoms with Crippen LogP contribution >= 0.6 is 0 Å². The van der Waals surface area contributed by atoms with Gasteiger partial charge in [0.25, 0.3) is 0 Å². The van der Waals surface area contributed by atoms with E-state index in [0.29, 0.717) is 6.61 Å². The minimum absolute atomic E-state index is 0.198. The second-order valence-electron chi connectivity index (χ2n) is 5.83. The van der Waals surface area contributed by atoms with Gasteiger partial charge in [-0.05, 0) is 31.0 Å². The zero-order valence-corrected chi connectivity index (χ0v) is 13.8. The maximum atomic E-state index is 11.8. The molecular weight excluding hydrogens is 300 g/mol. The van der Waals surface area contributed by atoms with E-state index in [1.165, 1.54) is 5.56 Å². The van der Waals surface area contributed by atoms with Gasteiger partial charge in [0.2, 0.25) is 0 Å². The standard InChI is InChI=1S/C20H22N2O2/c1-2-24-20(23)14-17-13-16(12-15-8-4-3-5-9-15)21-18-10-6-7-11-19(18)22-17/h3-11,14,16,21-22H,2,12-13H2,1H3/b17-14-. The van der Waals surface area contributed by atoms with Crippen molar-refractivity contribution in [2.75, 3.05) is 17.2 Å². The van der Waals surface area contributed by atoms with Gasteiger partial charge in [0.05, 0.1) is 18.0 Å². The Kier molecular flexibility index (Phi) is 5.16. The molecule has 1 aliphatic rings. The Hall–Kier alpha value is -2.75. The highest BCUT2D eigenvalue weighted by Crippen LogP contribution is 2.29. The molecule has 0 radical (unpaired) electrons. The first-order valence-corrected chi connectivity index (χ1v) is 8.28. The third kappa shape index (κ3) is 4.16. The number of carbonyl (C=O) groups is 1. The Morgan fingerprint density at radius 1 is 1.12 bits per heavy atom. The first-order valence-electron chi connectivity index (χ1n) is 8.28. The van der Waals surface area contributed by atoms with E-state index in [0.717, 1.165) is 29.9 Å². The van der Waals surface area contributed by atoms with Gasteiger partial charge in [-0.25, -0.2) is 4.79 Å². The van der Waals surface area contributed by atoms with Gasteiger partial charge in [0.1, 0.15) is 0 Å². The number of rotatable bonds is 4. The van der Waals surface area contributed by atoms with Crippen molar-refractivity contribution in [2.45, 2.75) is 25.8 Å². The SMILES string of the molecule is CCOC(=O)/C=C1/CC(Cc2ccccc2)Nc2ccccc2N1. The lowest BCUT2D eigenvalue weighted by atomic mass is 10.0. The maximum Gasteiger partial charge on any atom is 0.332 e. The molecule has 1 heterocycles. The van der Waals surface area contributed by atoms with E-state index in [4.69, 9.17) is 4.74 Å². The molecule has 0 spiro atoms. The number of nitrogens with one attached hydrogen (secondary N) is 2. The summed E-state index contributed by atoms with van der Waals surface area (Å²) in [6.07, 6.45) is 3.17. The molecule has 4 nitrogen and oxygen atoms in total. The number of anilines is 2. The number of para-hydroxylation sites is 2. The van der Waals surface area contributed by atoms with Gasteiger partial charge < -0.3 is 15.4 Å². The fraction of sp³-hybridized carbons (Fsp3) is 0.250. The van der Waals surface area contributed by atoms with E-state index in [1.54, 1.807) is 6.08 Å². The Labute approximate surface area is 142 Å². The summed E-state index contributed by atoms with van der Waals surface area (Å²) in [6.45, 7) is 2.19. The molecule has 2 N–H and O–H groups in total. The van der Waals surface area contributed by atoms with Gasteiger partial charge in [0.15, 0.2) is 0 Å². The summed E-state index contributed by atoms with van der Waals surface area (Å²) in [5.41, 5.74) is 4.16. The van der Waals surface area contributed by atoms with E-state index in [2.05, 4.69) is 22.8 Å². The van der Waals surface area contributed by atoms with Crippen molar-refractivity contribution in [3.05, 3.63) is 71.9 Å². The summed E-state index contributed by atoms with van der Waals surface area (Å²) < 4.78 is 5.05. The van der Waals surface area contributed by atoms with E-state index in [1.807, 2.05) is 49.4 Å². The smallest absolute Gasteiger partial charge is 0.332 e. The van der Waals surface area contributed by atoms with Crippen molar-refractivity contribution in [3.8, 4) is 0 Å². The van der Waals surface area contributed by atoms with Gasteiger partial charge in [-0.15, -0.1) is 0 Å². The zero-order valence-electron chi connectivity index (χ0n) is 13.8. The van der Waals surface area contributed by atoms with Gasteiger partial charge in [-0.3, -0.25) is 0 Å². The fourth-order valence-electron chi connectivity index (χ4n) is 2.92. The summed E-state index contributed by atoms with van der Waals surface area (Å²) in [6, 6.07) is 18.6. The average Bonchev–Trinajstić information content (AvgIpc) is 2.74. The summed E-state index contributed by atoms with van der Waals surface area (Å²) >= 11 is 0. The molecule has 0 saturated carbocycles. The van der Waals surface area contributed by atoms with E-state index >= 15 is 0 Å². The highest BCUT2D eigenvalue weighted by molar-refractivity contribution is 5.84. The lowest BCUT2D eigenvalue weighted by Crippen LogP contribution is -2.22. The Balaban J connectivity index is 1.85. The van der Waals surface area contributed by atoms with Crippen LogP contribution in [0, 0.1) is 0 Å². The number of hydrogen-bond acceptors (Lipinski definition) is 4. The second-order valence-corrected chi connectivity index (χ2v) is 5.83. The number of ether oxygens (including phenoxy) is 1. The highest BCUT2D eigenvalue weighted by Gasteiger charge is 2.19. The van der Waals surface area contributed by atoms with Crippen molar-refractivity contribution in [1.29, 1.82) is 0 Å².